The van der Waals surface area contributed by atoms with Gasteiger partial charge >= 0.3 is 0 Å². The predicted octanol–water partition coefficient (Wildman–Crippen LogP) is 3.56. The van der Waals surface area contributed by atoms with Gasteiger partial charge in [0.15, 0.2) is 0 Å². The number of rotatable bonds is 4. The van der Waals surface area contributed by atoms with Crippen LogP contribution in [0.5, 0.6) is 0 Å². The number of thiophene rings is 1. The van der Waals surface area contributed by atoms with Crippen LogP contribution in [0.15, 0.2) is 17.7 Å². The first kappa shape index (κ1) is 14.3. The topological polar surface area (TPSA) is 46.9 Å². The van der Waals surface area contributed by atoms with E-state index in [0.717, 1.165) is 33.8 Å². The summed E-state index contributed by atoms with van der Waals surface area (Å²) in [6.45, 7) is 2.71. The first-order valence-electron chi connectivity index (χ1n) is 7.54. The molecule has 0 radical (unpaired) electrons. The van der Waals surface area contributed by atoms with Crippen molar-refractivity contribution in [3.05, 3.63) is 28.3 Å². The molecule has 1 aliphatic carbocycles. The summed E-state index contributed by atoms with van der Waals surface area (Å²) in [5.41, 5.74) is 2.48. The van der Waals surface area contributed by atoms with Crippen LogP contribution in [0, 0.1) is 6.92 Å². The lowest BCUT2D eigenvalue weighted by atomic mass is 9.97. The normalized spacial score (nSPS) is 15.2. The summed E-state index contributed by atoms with van der Waals surface area (Å²) in [6.07, 6.45) is 8.32. The van der Waals surface area contributed by atoms with Crippen LogP contribution in [0.2, 0.25) is 0 Å². The van der Waals surface area contributed by atoms with Crippen molar-refractivity contribution >= 4 is 27.5 Å². The fourth-order valence-corrected chi connectivity index (χ4v) is 3.91. The Balaban J connectivity index is 1.61. The number of nitrogens with one attached hydrogen (secondary N) is 1. The quantitative estimate of drug-likeness (QED) is 0.878. The molecule has 2 aromatic heterocycles. The molecule has 0 saturated heterocycles. The van der Waals surface area contributed by atoms with Crippen molar-refractivity contribution in [2.75, 3.05) is 6.54 Å². The summed E-state index contributed by atoms with van der Waals surface area (Å²) >= 11 is 1.51. The molecule has 0 spiro atoms. The van der Waals surface area contributed by atoms with Crippen LogP contribution in [-0.4, -0.2) is 22.2 Å². The van der Waals surface area contributed by atoms with Gasteiger partial charge in [0.25, 0.3) is 5.91 Å². The molecule has 3 rings (SSSR count). The van der Waals surface area contributed by atoms with Crippen molar-refractivity contribution < 1.29 is 4.79 Å². The fourth-order valence-electron chi connectivity index (χ4n) is 2.87. The summed E-state index contributed by atoms with van der Waals surface area (Å²) in [4.78, 5) is 14.1. The van der Waals surface area contributed by atoms with E-state index in [0.29, 0.717) is 0 Å². The van der Waals surface area contributed by atoms with E-state index in [-0.39, 0.29) is 5.91 Å². The van der Waals surface area contributed by atoms with Gasteiger partial charge in [-0.05, 0) is 45.1 Å². The van der Waals surface area contributed by atoms with Crippen molar-refractivity contribution in [2.24, 2.45) is 7.05 Å². The van der Waals surface area contributed by atoms with E-state index in [4.69, 9.17) is 0 Å². The number of allylic oxidation sites excluding steroid dienone is 1. The monoisotopic (exact) mass is 303 g/mol. The molecule has 2 heterocycles. The van der Waals surface area contributed by atoms with Gasteiger partial charge in [0.05, 0.1) is 10.6 Å². The third kappa shape index (κ3) is 3.02. The molecule has 0 unspecified atom stereocenters. The first-order valence-corrected chi connectivity index (χ1v) is 8.36. The predicted molar refractivity (Wildman–Crippen MR) is 86.8 cm³/mol. The molecule has 1 N–H and O–H groups in total. The maximum absolute atomic E-state index is 12.2. The minimum absolute atomic E-state index is 0.0343. The van der Waals surface area contributed by atoms with E-state index in [2.05, 4.69) is 16.5 Å². The average molecular weight is 303 g/mol. The van der Waals surface area contributed by atoms with E-state index < -0.39 is 0 Å². The molecule has 0 saturated carbocycles. The Labute approximate surface area is 128 Å². The number of hydrogen-bond acceptors (Lipinski definition) is 3. The molecule has 0 aromatic carbocycles. The van der Waals surface area contributed by atoms with Crippen molar-refractivity contribution in [3.63, 3.8) is 0 Å². The lowest BCUT2D eigenvalue weighted by Gasteiger charge is -2.12. The zero-order valence-corrected chi connectivity index (χ0v) is 13.4. The number of aryl methyl sites for hydroxylation is 2. The summed E-state index contributed by atoms with van der Waals surface area (Å²) in [7, 11) is 1.92. The molecule has 0 atom stereocenters. The van der Waals surface area contributed by atoms with Gasteiger partial charge in [-0.1, -0.05) is 11.6 Å². The molecule has 2 aromatic rings. The molecular weight excluding hydrogens is 282 g/mol. The number of carbonyl (C=O) groups excluding carboxylic acids is 1. The maximum atomic E-state index is 12.2. The second kappa shape index (κ2) is 6.02. The highest BCUT2D eigenvalue weighted by Gasteiger charge is 2.14. The highest BCUT2D eigenvalue weighted by atomic mass is 32.1. The van der Waals surface area contributed by atoms with Crippen LogP contribution < -0.4 is 5.32 Å². The van der Waals surface area contributed by atoms with Crippen molar-refractivity contribution in [1.82, 2.24) is 15.1 Å². The number of hydrogen-bond donors (Lipinski definition) is 1. The lowest BCUT2D eigenvalue weighted by molar-refractivity contribution is 0.0958. The molecule has 0 bridgehead atoms. The van der Waals surface area contributed by atoms with Crippen molar-refractivity contribution in [2.45, 2.75) is 39.0 Å². The molecule has 112 valence electrons. The zero-order valence-electron chi connectivity index (χ0n) is 12.6. The van der Waals surface area contributed by atoms with Crippen molar-refractivity contribution in [1.29, 1.82) is 0 Å². The smallest absolute Gasteiger partial charge is 0.261 e. The number of nitrogens with zero attached hydrogens (tertiary/aromatic N) is 2. The molecule has 5 heteroatoms. The number of fused-ring (bicyclic) bond motifs is 1. The van der Waals surface area contributed by atoms with Crippen LogP contribution >= 0.6 is 11.3 Å². The highest BCUT2D eigenvalue weighted by molar-refractivity contribution is 7.20. The second-order valence-electron chi connectivity index (χ2n) is 5.65. The van der Waals surface area contributed by atoms with Crippen LogP contribution in [0.25, 0.3) is 10.2 Å². The molecular formula is C16H21N3OS. The maximum Gasteiger partial charge on any atom is 0.261 e. The summed E-state index contributed by atoms with van der Waals surface area (Å²) in [5.74, 6) is 0.0343. The third-order valence-electron chi connectivity index (χ3n) is 4.04. The van der Waals surface area contributed by atoms with Gasteiger partial charge in [-0.25, -0.2) is 0 Å². The van der Waals surface area contributed by atoms with Gasteiger partial charge in [0.2, 0.25) is 0 Å². The minimum atomic E-state index is 0.0343. The number of carbonyl (C=O) groups is 1. The summed E-state index contributed by atoms with van der Waals surface area (Å²) < 4.78 is 1.85. The second-order valence-corrected chi connectivity index (χ2v) is 6.68. The van der Waals surface area contributed by atoms with Crippen LogP contribution in [0.3, 0.4) is 0 Å². The first-order chi connectivity index (χ1) is 10.1. The molecule has 0 aliphatic heterocycles. The van der Waals surface area contributed by atoms with Crippen molar-refractivity contribution in [3.8, 4) is 0 Å². The standard InChI is InChI=1S/C16H21N3OS/c1-11-13-10-14(21-16(13)19(2)18-11)15(20)17-9-8-12-6-4-3-5-7-12/h6,10H,3-5,7-9H2,1-2H3,(H,17,20). The zero-order chi connectivity index (χ0) is 14.8. The molecule has 1 aliphatic rings. The molecule has 1 amide bonds. The third-order valence-corrected chi connectivity index (χ3v) is 5.24. The Hall–Kier alpha value is -1.62. The molecule has 0 fully saturated rings. The molecule has 21 heavy (non-hydrogen) atoms. The van der Waals surface area contributed by atoms with E-state index in [1.165, 1.54) is 42.6 Å². The Bertz CT molecular complexity index is 661. The van der Waals surface area contributed by atoms with Gasteiger partial charge in [-0.2, -0.15) is 5.10 Å². The number of aromatic nitrogens is 2. The SMILES string of the molecule is Cc1nn(C)c2sc(C(=O)NCCC3=CCCCC3)cc12. The summed E-state index contributed by atoms with van der Waals surface area (Å²) in [6, 6.07) is 1.96. The summed E-state index contributed by atoms with van der Waals surface area (Å²) in [5, 5.41) is 8.48. The van der Waals surface area contributed by atoms with Gasteiger partial charge in [0, 0.05) is 19.0 Å². The number of amides is 1. The van der Waals surface area contributed by atoms with E-state index >= 15 is 0 Å². The Morgan fingerprint density at radius 2 is 2.33 bits per heavy atom. The Morgan fingerprint density at radius 3 is 3.05 bits per heavy atom. The lowest BCUT2D eigenvalue weighted by Crippen LogP contribution is -2.24. The average Bonchev–Trinajstić information content (AvgIpc) is 3.03. The van der Waals surface area contributed by atoms with Crippen LogP contribution in [0.1, 0.15) is 47.5 Å². The van der Waals surface area contributed by atoms with Gasteiger partial charge < -0.3 is 5.32 Å². The van der Waals surface area contributed by atoms with Gasteiger partial charge in [-0.3, -0.25) is 9.48 Å². The van der Waals surface area contributed by atoms with E-state index in [1.807, 2.05) is 24.7 Å². The van der Waals surface area contributed by atoms with E-state index in [1.54, 1.807) is 0 Å². The Morgan fingerprint density at radius 1 is 1.48 bits per heavy atom. The van der Waals surface area contributed by atoms with Crippen LogP contribution in [0.4, 0.5) is 0 Å². The van der Waals surface area contributed by atoms with Gasteiger partial charge in [-0.15, -0.1) is 11.3 Å². The fraction of sp³-hybridized carbons (Fsp3) is 0.500. The minimum Gasteiger partial charge on any atom is -0.351 e. The largest absolute Gasteiger partial charge is 0.351 e. The highest BCUT2D eigenvalue weighted by Crippen LogP contribution is 2.27. The molecule has 4 nitrogen and oxygen atoms in total. The van der Waals surface area contributed by atoms with E-state index in [9.17, 15) is 4.79 Å². The van der Waals surface area contributed by atoms with Gasteiger partial charge in [0.1, 0.15) is 4.83 Å². The van der Waals surface area contributed by atoms with Crippen LogP contribution in [-0.2, 0) is 7.05 Å². The Kier molecular flexibility index (Phi) is 4.10.